The van der Waals surface area contributed by atoms with Gasteiger partial charge in [0.25, 0.3) is 5.91 Å². The maximum Gasteiger partial charge on any atom is 0.305 e. The SMILES string of the molecule is CCN(CCC(=O)O)C(=O)c1c(C)nc2ccc(F)cn12. The van der Waals surface area contributed by atoms with Crippen LogP contribution < -0.4 is 0 Å². The number of carboxylic acid groups (broad SMARTS) is 1. The quantitative estimate of drug-likeness (QED) is 0.910. The van der Waals surface area contributed by atoms with Crippen molar-refractivity contribution in [2.75, 3.05) is 13.1 Å². The van der Waals surface area contributed by atoms with Gasteiger partial charge in [0.1, 0.15) is 17.2 Å². The zero-order valence-electron chi connectivity index (χ0n) is 11.8. The van der Waals surface area contributed by atoms with Gasteiger partial charge < -0.3 is 10.0 Å². The molecule has 2 aromatic rings. The van der Waals surface area contributed by atoms with E-state index in [9.17, 15) is 14.0 Å². The summed E-state index contributed by atoms with van der Waals surface area (Å²) in [5.74, 6) is -1.79. The molecule has 0 atom stereocenters. The van der Waals surface area contributed by atoms with Crippen molar-refractivity contribution in [2.24, 2.45) is 0 Å². The van der Waals surface area contributed by atoms with Gasteiger partial charge in [-0.05, 0) is 26.0 Å². The molecule has 0 fully saturated rings. The van der Waals surface area contributed by atoms with E-state index in [0.29, 0.717) is 17.9 Å². The van der Waals surface area contributed by atoms with Crippen molar-refractivity contribution in [3.8, 4) is 0 Å². The largest absolute Gasteiger partial charge is 0.481 e. The Kier molecular flexibility index (Phi) is 4.21. The molecule has 0 aliphatic heterocycles. The number of fused-ring (bicyclic) bond motifs is 1. The molecule has 2 rings (SSSR count). The summed E-state index contributed by atoms with van der Waals surface area (Å²) in [6.07, 6.45) is 1.07. The second-order valence-corrected chi connectivity index (χ2v) is 4.65. The summed E-state index contributed by atoms with van der Waals surface area (Å²) < 4.78 is 14.8. The number of carbonyl (C=O) groups excluding carboxylic acids is 1. The molecule has 0 saturated carbocycles. The number of carbonyl (C=O) groups is 2. The summed E-state index contributed by atoms with van der Waals surface area (Å²) in [4.78, 5) is 28.8. The Hall–Kier alpha value is -2.44. The smallest absolute Gasteiger partial charge is 0.305 e. The summed E-state index contributed by atoms with van der Waals surface area (Å²) in [5.41, 5.74) is 1.22. The minimum absolute atomic E-state index is 0.104. The summed E-state index contributed by atoms with van der Waals surface area (Å²) in [6, 6.07) is 2.77. The minimum atomic E-state index is -0.970. The Morgan fingerprint density at radius 1 is 1.43 bits per heavy atom. The van der Waals surface area contributed by atoms with Crippen LogP contribution in [0.5, 0.6) is 0 Å². The summed E-state index contributed by atoms with van der Waals surface area (Å²) in [6.45, 7) is 3.91. The molecule has 0 aliphatic rings. The van der Waals surface area contributed by atoms with Crippen LogP contribution in [0.25, 0.3) is 5.65 Å². The van der Waals surface area contributed by atoms with Gasteiger partial charge in [0.2, 0.25) is 0 Å². The van der Waals surface area contributed by atoms with Gasteiger partial charge in [-0.2, -0.15) is 0 Å². The van der Waals surface area contributed by atoms with Crippen LogP contribution in [0, 0.1) is 12.7 Å². The summed E-state index contributed by atoms with van der Waals surface area (Å²) in [7, 11) is 0. The number of hydrogen-bond donors (Lipinski definition) is 1. The maximum absolute atomic E-state index is 13.4. The van der Waals surface area contributed by atoms with E-state index in [1.807, 2.05) is 0 Å². The molecule has 1 amide bonds. The number of amides is 1. The van der Waals surface area contributed by atoms with E-state index in [2.05, 4.69) is 4.98 Å². The van der Waals surface area contributed by atoms with Crippen LogP contribution in [0.1, 0.15) is 29.5 Å². The lowest BCUT2D eigenvalue weighted by atomic mass is 10.2. The molecule has 0 aliphatic carbocycles. The first-order valence-electron chi connectivity index (χ1n) is 6.59. The third kappa shape index (κ3) is 3.01. The first kappa shape index (κ1) is 15.0. The molecule has 6 nitrogen and oxygen atoms in total. The van der Waals surface area contributed by atoms with E-state index in [4.69, 9.17) is 5.11 Å². The zero-order chi connectivity index (χ0) is 15.6. The van der Waals surface area contributed by atoms with E-state index in [0.717, 1.165) is 0 Å². The number of aliphatic carboxylic acids is 1. The van der Waals surface area contributed by atoms with Crippen molar-refractivity contribution in [1.29, 1.82) is 0 Å². The molecule has 0 saturated heterocycles. The molecule has 0 spiro atoms. The number of rotatable bonds is 5. The van der Waals surface area contributed by atoms with E-state index >= 15 is 0 Å². The van der Waals surface area contributed by atoms with Gasteiger partial charge >= 0.3 is 5.97 Å². The van der Waals surface area contributed by atoms with E-state index in [1.54, 1.807) is 13.8 Å². The molecule has 0 aromatic carbocycles. The predicted molar refractivity (Wildman–Crippen MR) is 73.7 cm³/mol. The molecule has 2 aromatic heterocycles. The Morgan fingerprint density at radius 3 is 2.76 bits per heavy atom. The number of carboxylic acids is 1. The molecule has 0 bridgehead atoms. The Bertz CT molecular complexity index is 696. The molecule has 2 heterocycles. The van der Waals surface area contributed by atoms with Crippen LogP contribution in [0.3, 0.4) is 0 Å². The number of aromatic nitrogens is 2. The van der Waals surface area contributed by atoms with Crippen molar-refractivity contribution in [3.63, 3.8) is 0 Å². The highest BCUT2D eigenvalue weighted by atomic mass is 19.1. The van der Waals surface area contributed by atoms with Crippen molar-refractivity contribution >= 4 is 17.5 Å². The second-order valence-electron chi connectivity index (χ2n) is 4.65. The monoisotopic (exact) mass is 293 g/mol. The van der Waals surface area contributed by atoms with Crippen molar-refractivity contribution in [2.45, 2.75) is 20.3 Å². The topological polar surface area (TPSA) is 74.9 Å². The summed E-state index contributed by atoms with van der Waals surface area (Å²) in [5, 5.41) is 8.73. The van der Waals surface area contributed by atoms with Crippen LogP contribution in [0.15, 0.2) is 18.3 Å². The molecule has 7 heteroatoms. The lowest BCUT2D eigenvalue weighted by Gasteiger charge is -2.20. The van der Waals surface area contributed by atoms with Crippen LogP contribution in [0.4, 0.5) is 4.39 Å². The van der Waals surface area contributed by atoms with Crippen LogP contribution in [-0.2, 0) is 4.79 Å². The average Bonchev–Trinajstić information content (AvgIpc) is 2.74. The lowest BCUT2D eigenvalue weighted by Crippen LogP contribution is -2.34. The highest BCUT2D eigenvalue weighted by Gasteiger charge is 2.22. The Labute approximate surface area is 120 Å². The zero-order valence-corrected chi connectivity index (χ0v) is 11.8. The number of aryl methyl sites for hydroxylation is 1. The first-order valence-corrected chi connectivity index (χ1v) is 6.59. The second kappa shape index (κ2) is 5.90. The van der Waals surface area contributed by atoms with Crippen LogP contribution in [-0.4, -0.2) is 44.4 Å². The van der Waals surface area contributed by atoms with E-state index in [-0.39, 0.29) is 24.6 Å². The fourth-order valence-electron chi connectivity index (χ4n) is 2.18. The van der Waals surface area contributed by atoms with Crippen LogP contribution in [0.2, 0.25) is 0 Å². The first-order chi connectivity index (χ1) is 9.93. The van der Waals surface area contributed by atoms with Crippen molar-refractivity contribution in [1.82, 2.24) is 14.3 Å². The predicted octanol–water partition coefficient (Wildman–Crippen LogP) is 1.72. The molecule has 21 heavy (non-hydrogen) atoms. The van der Waals surface area contributed by atoms with Gasteiger partial charge in [0.15, 0.2) is 0 Å². The standard InChI is InChI=1S/C14H16FN3O3/c1-3-17(7-6-12(19)20)14(21)13-9(2)16-11-5-4-10(15)8-18(11)13/h4-5,8H,3,6-7H2,1-2H3,(H,19,20). The summed E-state index contributed by atoms with van der Waals surface area (Å²) >= 11 is 0. The third-order valence-electron chi connectivity index (χ3n) is 3.22. The Balaban J connectivity index is 2.39. The van der Waals surface area contributed by atoms with Gasteiger partial charge in [0.05, 0.1) is 12.1 Å². The number of pyridine rings is 1. The molecular formula is C14H16FN3O3. The van der Waals surface area contributed by atoms with Gasteiger partial charge in [-0.3, -0.25) is 14.0 Å². The number of hydrogen-bond acceptors (Lipinski definition) is 3. The molecule has 1 N–H and O–H groups in total. The number of nitrogens with zero attached hydrogens (tertiary/aromatic N) is 3. The van der Waals surface area contributed by atoms with Crippen LogP contribution >= 0.6 is 0 Å². The highest BCUT2D eigenvalue weighted by Crippen LogP contribution is 2.15. The van der Waals surface area contributed by atoms with Gasteiger partial charge in [0, 0.05) is 19.3 Å². The minimum Gasteiger partial charge on any atom is -0.481 e. The molecule has 0 unspecified atom stereocenters. The van der Waals surface area contributed by atoms with Gasteiger partial charge in [-0.15, -0.1) is 0 Å². The molecular weight excluding hydrogens is 277 g/mol. The van der Waals surface area contributed by atoms with Gasteiger partial charge in [-0.25, -0.2) is 9.37 Å². The third-order valence-corrected chi connectivity index (χ3v) is 3.22. The number of halogens is 1. The van der Waals surface area contributed by atoms with Crippen molar-refractivity contribution < 1.29 is 19.1 Å². The maximum atomic E-state index is 13.4. The Morgan fingerprint density at radius 2 is 2.14 bits per heavy atom. The highest BCUT2D eigenvalue weighted by molar-refractivity contribution is 5.94. The van der Waals surface area contributed by atoms with E-state index < -0.39 is 11.8 Å². The van der Waals surface area contributed by atoms with Crippen molar-refractivity contribution in [3.05, 3.63) is 35.5 Å². The number of imidazole rings is 1. The van der Waals surface area contributed by atoms with Gasteiger partial charge in [-0.1, -0.05) is 0 Å². The molecule has 112 valence electrons. The molecule has 0 radical (unpaired) electrons. The normalized spacial score (nSPS) is 10.8. The van der Waals surface area contributed by atoms with E-state index in [1.165, 1.54) is 27.6 Å². The lowest BCUT2D eigenvalue weighted by molar-refractivity contribution is -0.137. The fraction of sp³-hybridized carbons (Fsp3) is 0.357. The fourth-order valence-corrected chi connectivity index (χ4v) is 2.18. The average molecular weight is 293 g/mol.